The fourth-order valence-electron chi connectivity index (χ4n) is 3.15. The molecule has 0 unspecified atom stereocenters. The number of sulfonamides is 1. The number of anilines is 1. The molecule has 3 aromatic carbocycles. The highest BCUT2D eigenvalue weighted by Crippen LogP contribution is 2.29. The van der Waals surface area contributed by atoms with Crippen molar-refractivity contribution in [3.8, 4) is 11.5 Å². The first-order chi connectivity index (χ1) is 15.8. The van der Waals surface area contributed by atoms with Gasteiger partial charge in [0.05, 0.1) is 24.8 Å². The third kappa shape index (κ3) is 5.77. The van der Waals surface area contributed by atoms with Gasteiger partial charge in [0, 0.05) is 11.6 Å². The third-order valence-corrected chi connectivity index (χ3v) is 7.19. The summed E-state index contributed by atoms with van der Waals surface area (Å²) < 4.78 is 38.3. The number of nitrogens with one attached hydrogen (secondary N) is 1. The Morgan fingerprint density at radius 3 is 2.30 bits per heavy atom. The lowest BCUT2D eigenvalue weighted by molar-refractivity contribution is -0.119. The van der Waals surface area contributed by atoms with E-state index in [0.717, 1.165) is 15.4 Å². The molecule has 0 bridgehead atoms. The van der Waals surface area contributed by atoms with Gasteiger partial charge in [0.1, 0.15) is 6.54 Å². The van der Waals surface area contributed by atoms with Crippen LogP contribution in [-0.4, -0.2) is 35.1 Å². The van der Waals surface area contributed by atoms with Crippen LogP contribution in [0.2, 0.25) is 5.02 Å². The van der Waals surface area contributed by atoms with Gasteiger partial charge < -0.3 is 14.8 Å². The molecule has 0 spiro atoms. The number of ether oxygens (including phenoxy) is 2. The molecule has 3 aromatic rings. The van der Waals surface area contributed by atoms with E-state index < -0.39 is 22.5 Å². The number of amides is 1. The van der Waals surface area contributed by atoms with E-state index in [1.54, 1.807) is 61.7 Å². The van der Waals surface area contributed by atoms with Gasteiger partial charge in [-0.05, 0) is 54.4 Å². The zero-order valence-electron chi connectivity index (χ0n) is 18.5. The maximum Gasteiger partial charge on any atom is 0.264 e. The lowest BCUT2D eigenvalue weighted by Crippen LogP contribution is -2.40. The summed E-state index contributed by atoms with van der Waals surface area (Å²) in [5.41, 5.74) is 1.88. The number of aryl methyl sites for hydroxylation is 1. The quantitative estimate of drug-likeness (QED) is 0.488. The maximum atomic E-state index is 13.4. The number of benzene rings is 3. The first kappa shape index (κ1) is 24.4. The first-order valence-electron chi connectivity index (χ1n) is 10.1. The van der Waals surface area contributed by atoms with Crippen molar-refractivity contribution in [2.75, 3.05) is 25.1 Å². The summed E-state index contributed by atoms with van der Waals surface area (Å²) in [5.74, 6) is 0.636. The smallest absolute Gasteiger partial charge is 0.264 e. The number of hydrogen-bond donors (Lipinski definition) is 1. The Balaban J connectivity index is 1.84. The van der Waals surface area contributed by atoms with Gasteiger partial charge >= 0.3 is 0 Å². The van der Waals surface area contributed by atoms with Crippen molar-refractivity contribution >= 4 is 33.2 Å². The van der Waals surface area contributed by atoms with Crippen LogP contribution in [0.15, 0.2) is 71.6 Å². The van der Waals surface area contributed by atoms with E-state index in [0.29, 0.717) is 22.2 Å². The number of hydrogen-bond acceptors (Lipinski definition) is 5. The highest BCUT2D eigenvalue weighted by atomic mass is 35.5. The van der Waals surface area contributed by atoms with E-state index in [9.17, 15) is 13.2 Å². The molecule has 0 saturated carbocycles. The van der Waals surface area contributed by atoms with E-state index >= 15 is 0 Å². The number of carbonyl (C=O) groups is 1. The van der Waals surface area contributed by atoms with Gasteiger partial charge in [-0.3, -0.25) is 9.10 Å². The molecular formula is C24H25ClN2O5S. The van der Waals surface area contributed by atoms with Crippen molar-refractivity contribution in [1.82, 2.24) is 5.32 Å². The van der Waals surface area contributed by atoms with E-state index in [1.807, 2.05) is 6.92 Å². The minimum atomic E-state index is -4.00. The Bertz CT molecular complexity index is 1230. The number of halogens is 1. The molecule has 174 valence electrons. The molecule has 0 heterocycles. The SMILES string of the molecule is COc1ccc(CNC(=O)CN(c2ccc(C)c(Cl)c2)S(=O)(=O)c2ccccc2)cc1OC. The lowest BCUT2D eigenvalue weighted by atomic mass is 10.2. The van der Waals surface area contributed by atoms with Crippen LogP contribution in [0.1, 0.15) is 11.1 Å². The molecule has 0 radical (unpaired) electrons. The summed E-state index contributed by atoms with van der Waals surface area (Å²) in [7, 11) is -0.937. The predicted octanol–water partition coefficient (Wildman–Crippen LogP) is 4.18. The zero-order chi connectivity index (χ0) is 24.0. The van der Waals surface area contributed by atoms with E-state index in [1.165, 1.54) is 19.2 Å². The number of methoxy groups -OCH3 is 2. The van der Waals surface area contributed by atoms with Gasteiger partial charge in [0.15, 0.2) is 11.5 Å². The Hall–Kier alpha value is -3.23. The number of rotatable bonds is 9. The summed E-state index contributed by atoms with van der Waals surface area (Å²) >= 11 is 6.24. The topological polar surface area (TPSA) is 84.9 Å². The average Bonchev–Trinajstić information content (AvgIpc) is 2.83. The second-order valence-electron chi connectivity index (χ2n) is 7.22. The molecule has 33 heavy (non-hydrogen) atoms. The Labute approximate surface area is 198 Å². The Morgan fingerprint density at radius 1 is 0.970 bits per heavy atom. The second kappa shape index (κ2) is 10.6. The van der Waals surface area contributed by atoms with Crippen LogP contribution in [0.5, 0.6) is 11.5 Å². The van der Waals surface area contributed by atoms with Gasteiger partial charge in [-0.25, -0.2) is 8.42 Å². The van der Waals surface area contributed by atoms with Crippen LogP contribution < -0.4 is 19.1 Å². The van der Waals surface area contributed by atoms with Crippen LogP contribution in [-0.2, 0) is 21.4 Å². The normalized spacial score (nSPS) is 11.0. The van der Waals surface area contributed by atoms with Gasteiger partial charge in [-0.1, -0.05) is 41.9 Å². The van der Waals surface area contributed by atoms with Crippen LogP contribution in [0.25, 0.3) is 0 Å². The fraction of sp³-hybridized carbons (Fsp3) is 0.208. The molecule has 0 aliphatic heterocycles. The van der Waals surface area contributed by atoms with Crippen LogP contribution in [0, 0.1) is 6.92 Å². The van der Waals surface area contributed by atoms with Crippen LogP contribution in [0.3, 0.4) is 0 Å². The minimum Gasteiger partial charge on any atom is -0.493 e. The van der Waals surface area contributed by atoms with Gasteiger partial charge in [0.2, 0.25) is 5.91 Å². The molecule has 0 saturated heterocycles. The monoisotopic (exact) mass is 488 g/mol. The molecule has 7 nitrogen and oxygen atoms in total. The average molecular weight is 489 g/mol. The summed E-state index contributed by atoms with van der Waals surface area (Å²) in [5, 5.41) is 3.17. The zero-order valence-corrected chi connectivity index (χ0v) is 20.1. The molecular weight excluding hydrogens is 464 g/mol. The van der Waals surface area contributed by atoms with E-state index in [-0.39, 0.29) is 11.4 Å². The summed E-state index contributed by atoms with van der Waals surface area (Å²) in [6, 6.07) is 18.1. The number of carbonyl (C=O) groups excluding carboxylic acids is 1. The first-order valence-corrected chi connectivity index (χ1v) is 11.9. The Morgan fingerprint density at radius 2 is 1.67 bits per heavy atom. The molecule has 0 aliphatic rings. The van der Waals surface area contributed by atoms with Crippen molar-refractivity contribution < 1.29 is 22.7 Å². The molecule has 9 heteroatoms. The van der Waals surface area contributed by atoms with Crippen LogP contribution >= 0.6 is 11.6 Å². The van der Waals surface area contributed by atoms with Crippen molar-refractivity contribution in [1.29, 1.82) is 0 Å². The molecule has 0 atom stereocenters. The fourth-order valence-corrected chi connectivity index (χ4v) is 4.76. The lowest BCUT2D eigenvalue weighted by Gasteiger charge is -2.24. The molecule has 0 aliphatic carbocycles. The molecule has 0 aromatic heterocycles. The van der Waals surface area contributed by atoms with Crippen LogP contribution in [0.4, 0.5) is 5.69 Å². The summed E-state index contributed by atoms with van der Waals surface area (Å²) in [4.78, 5) is 12.9. The summed E-state index contributed by atoms with van der Waals surface area (Å²) in [6.07, 6.45) is 0. The van der Waals surface area contributed by atoms with Gasteiger partial charge in [0.25, 0.3) is 10.0 Å². The highest BCUT2D eigenvalue weighted by Gasteiger charge is 2.27. The van der Waals surface area contributed by atoms with Gasteiger partial charge in [-0.15, -0.1) is 0 Å². The summed E-state index contributed by atoms with van der Waals surface area (Å²) in [6.45, 7) is 1.59. The maximum absolute atomic E-state index is 13.4. The molecule has 1 amide bonds. The van der Waals surface area contributed by atoms with Crippen molar-refractivity contribution in [2.24, 2.45) is 0 Å². The largest absolute Gasteiger partial charge is 0.493 e. The van der Waals surface area contributed by atoms with E-state index in [2.05, 4.69) is 5.32 Å². The highest BCUT2D eigenvalue weighted by molar-refractivity contribution is 7.92. The predicted molar refractivity (Wildman–Crippen MR) is 129 cm³/mol. The molecule has 0 fully saturated rings. The van der Waals surface area contributed by atoms with E-state index in [4.69, 9.17) is 21.1 Å². The Kier molecular flexibility index (Phi) is 7.84. The standard InChI is InChI=1S/C24H25ClN2O5S/c1-17-9-11-19(14-21(17)25)27(33(29,30)20-7-5-4-6-8-20)16-24(28)26-15-18-10-12-22(31-2)23(13-18)32-3/h4-14H,15-16H2,1-3H3,(H,26,28). The molecule has 1 N–H and O–H groups in total. The van der Waals surface area contributed by atoms with Crippen molar-refractivity contribution in [3.63, 3.8) is 0 Å². The van der Waals surface area contributed by atoms with Crippen molar-refractivity contribution in [3.05, 3.63) is 82.9 Å². The third-order valence-electron chi connectivity index (χ3n) is 5.00. The number of nitrogens with zero attached hydrogens (tertiary/aromatic N) is 1. The van der Waals surface area contributed by atoms with Gasteiger partial charge in [-0.2, -0.15) is 0 Å². The van der Waals surface area contributed by atoms with Crippen molar-refractivity contribution in [2.45, 2.75) is 18.4 Å². The minimum absolute atomic E-state index is 0.0781. The second-order valence-corrected chi connectivity index (χ2v) is 9.49. The molecule has 3 rings (SSSR count).